The standard InChI is InChI=1S/C18H32O7/c1-4-5-6-7-8-9-10-23-15-16(25-22)18(11-13(2)3,14(20)12-19)24-17(15)21/h13-14,19-20,22H,4-12H2,1-3H3/t14-,18+/m0/s1. The van der Waals surface area contributed by atoms with Gasteiger partial charge in [-0.3, -0.25) is 0 Å². The molecule has 25 heavy (non-hydrogen) atoms. The fourth-order valence-corrected chi connectivity index (χ4v) is 3.09. The molecule has 1 heterocycles. The zero-order valence-corrected chi connectivity index (χ0v) is 15.5. The van der Waals surface area contributed by atoms with Crippen LogP contribution in [0.25, 0.3) is 0 Å². The van der Waals surface area contributed by atoms with E-state index in [1.54, 1.807) is 0 Å². The van der Waals surface area contributed by atoms with E-state index >= 15 is 0 Å². The summed E-state index contributed by atoms with van der Waals surface area (Å²) in [5.41, 5.74) is -1.63. The number of rotatable bonds is 13. The van der Waals surface area contributed by atoms with Crippen LogP contribution in [0.5, 0.6) is 0 Å². The number of carbonyl (C=O) groups excluding carboxylic acids is 1. The van der Waals surface area contributed by atoms with Crippen LogP contribution in [0, 0.1) is 5.92 Å². The summed E-state index contributed by atoms with van der Waals surface area (Å²) >= 11 is 0. The quantitative estimate of drug-likeness (QED) is 0.201. The van der Waals surface area contributed by atoms with Crippen molar-refractivity contribution in [3.05, 3.63) is 11.5 Å². The van der Waals surface area contributed by atoms with E-state index in [0.717, 1.165) is 19.3 Å². The summed E-state index contributed by atoms with van der Waals surface area (Å²) in [6.07, 6.45) is 5.16. The number of cyclic esters (lactones) is 1. The van der Waals surface area contributed by atoms with Crippen LogP contribution >= 0.6 is 0 Å². The van der Waals surface area contributed by atoms with Crippen LogP contribution in [-0.2, 0) is 19.2 Å². The van der Waals surface area contributed by atoms with Crippen molar-refractivity contribution in [3.63, 3.8) is 0 Å². The van der Waals surface area contributed by atoms with E-state index in [2.05, 4.69) is 11.8 Å². The van der Waals surface area contributed by atoms with Gasteiger partial charge < -0.3 is 24.6 Å². The molecule has 0 bridgehead atoms. The SMILES string of the molecule is CCCCCCCCOC1=C(OO)[C@@](CC(C)C)([C@@H](O)CO)OC1=O. The van der Waals surface area contributed by atoms with Gasteiger partial charge in [0.2, 0.25) is 11.4 Å². The van der Waals surface area contributed by atoms with Gasteiger partial charge in [0.1, 0.15) is 6.10 Å². The summed E-state index contributed by atoms with van der Waals surface area (Å²) in [6, 6.07) is 0. The van der Waals surface area contributed by atoms with Crippen molar-refractivity contribution in [2.75, 3.05) is 13.2 Å². The van der Waals surface area contributed by atoms with Crippen molar-refractivity contribution < 1.29 is 34.6 Å². The molecule has 0 spiro atoms. The third-order valence-electron chi connectivity index (χ3n) is 4.31. The summed E-state index contributed by atoms with van der Waals surface area (Å²) in [7, 11) is 0. The molecule has 0 saturated heterocycles. The van der Waals surface area contributed by atoms with Gasteiger partial charge in [-0.1, -0.05) is 52.9 Å². The largest absolute Gasteiger partial charge is 0.484 e. The lowest BCUT2D eigenvalue weighted by Crippen LogP contribution is -2.48. The number of carbonyl (C=O) groups is 1. The smallest absolute Gasteiger partial charge is 0.378 e. The van der Waals surface area contributed by atoms with Gasteiger partial charge in [0.15, 0.2) is 0 Å². The molecule has 0 unspecified atom stereocenters. The first kappa shape index (κ1) is 21.7. The maximum absolute atomic E-state index is 12.2. The van der Waals surface area contributed by atoms with Gasteiger partial charge in [0, 0.05) is 0 Å². The van der Waals surface area contributed by atoms with Crippen molar-refractivity contribution in [1.82, 2.24) is 0 Å². The monoisotopic (exact) mass is 360 g/mol. The zero-order valence-electron chi connectivity index (χ0n) is 15.5. The van der Waals surface area contributed by atoms with Crippen molar-refractivity contribution in [2.45, 2.75) is 77.4 Å². The Bertz CT molecular complexity index is 447. The van der Waals surface area contributed by atoms with E-state index in [9.17, 15) is 20.3 Å². The second-order valence-corrected chi connectivity index (χ2v) is 6.94. The van der Waals surface area contributed by atoms with Crippen LogP contribution in [0.1, 0.15) is 65.7 Å². The van der Waals surface area contributed by atoms with Gasteiger partial charge in [0.25, 0.3) is 5.76 Å². The highest BCUT2D eigenvalue weighted by atomic mass is 17.1. The van der Waals surface area contributed by atoms with Crippen molar-refractivity contribution in [3.8, 4) is 0 Å². The molecular weight excluding hydrogens is 328 g/mol. The molecule has 7 heteroatoms. The molecular formula is C18H32O7. The number of hydrogen-bond donors (Lipinski definition) is 3. The Morgan fingerprint density at radius 3 is 2.36 bits per heavy atom. The zero-order chi connectivity index (χ0) is 18.9. The summed E-state index contributed by atoms with van der Waals surface area (Å²) in [5.74, 6) is -1.29. The lowest BCUT2D eigenvalue weighted by molar-refractivity contribution is -0.241. The summed E-state index contributed by atoms with van der Waals surface area (Å²) < 4.78 is 10.8. The summed E-state index contributed by atoms with van der Waals surface area (Å²) in [6.45, 7) is 5.53. The minimum absolute atomic E-state index is 0.0112. The van der Waals surface area contributed by atoms with Crippen LogP contribution in [0.4, 0.5) is 0 Å². The van der Waals surface area contributed by atoms with Crippen molar-refractivity contribution in [2.24, 2.45) is 5.92 Å². The minimum Gasteiger partial charge on any atom is -0.484 e. The second-order valence-electron chi connectivity index (χ2n) is 6.94. The molecule has 7 nitrogen and oxygen atoms in total. The van der Waals surface area contributed by atoms with E-state index in [4.69, 9.17) is 9.47 Å². The van der Waals surface area contributed by atoms with E-state index in [-0.39, 0.29) is 30.5 Å². The minimum atomic E-state index is -1.63. The predicted octanol–water partition coefficient (Wildman–Crippen LogP) is 2.76. The third kappa shape index (κ3) is 5.59. The molecule has 1 rings (SSSR count). The molecule has 3 N–H and O–H groups in total. The number of hydrogen-bond acceptors (Lipinski definition) is 7. The second kappa shape index (κ2) is 10.6. The molecule has 2 atom stereocenters. The van der Waals surface area contributed by atoms with E-state index in [1.807, 2.05) is 13.8 Å². The molecule has 1 aliphatic rings. The third-order valence-corrected chi connectivity index (χ3v) is 4.31. The molecule has 0 amide bonds. The number of ether oxygens (including phenoxy) is 2. The van der Waals surface area contributed by atoms with Gasteiger partial charge in [-0.2, -0.15) is 0 Å². The normalized spacial score (nSPS) is 21.6. The lowest BCUT2D eigenvalue weighted by atomic mass is 9.86. The van der Waals surface area contributed by atoms with E-state index < -0.39 is 24.3 Å². The fourth-order valence-electron chi connectivity index (χ4n) is 3.09. The molecule has 0 fully saturated rings. The molecule has 0 aromatic heterocycles. The van der Waals surface area contributed by atoms with Crippen molar-refractivity contribution >= 4 is 5.97 Å². The molecule has 0 radical (unpaired) electrons. The van der Waals surface area contributed by atoms with Crippen LogP contribution in [0.2, 0.25) is 0 Å². The van der Waals surface area contributed by atoms with Gasteiger partial charge in [-0.15, -0.1) is 0 Å². The molecule has 1 aliphatic heterocycles. The maximum atomic E-state index is 12.2. The molecule has 0 aromatic carbocycles. The van der Waals surface area contributed by atoms with E-state index in [0.29, 0.717) is 0 Å². The number of unbranched alkanes of at least 4 members (excludes halogenated alkanes) is 5. The van der Waals surface area contributed by atoms with E-state index in [1.165, 1.54) is 19.3 Å². The Balaban J connectivity index is 2.78. The fraction of sp³-hybridized carbons (Fsp3) is 0.833. The summed E-state index contributed by atoms with van der Waals surface area (Å²) in [5, 5.41) is 28.8. The van der Waals surface area contributed by atoms with Gasteiger partial charge >= 0.3 is 5.97 Å². The van der Waals surface area contributed by atoms with Crippen molar-refractivity contribution in [1.29, 1.82) is 0 Å². The summed E-state index contributed by atoms with van der Waals surface area (Å²) in [4.78, 5) is 16.6. The first-order valence-corrected chi connectivity index (χ1v) is 9.14. The predicted molar refractivity (Wildman–Crippen MR) is 91.4 cm³/mol. The number of aliphatic hydroxyl groups excluding tert-OH is 2. The molecule has 0 saturated carbocycles. The first-order chi connectivity index (χ1) is 11.9. The maximum Gasteiger partial charge on any atom is 0.378 e. The van der Waals surface area contributed by atoms with Gasteiger partial charge in [-0.05, 0) is 18.8 Å². The first-order valence-electron chi connectivity index (χ1n) is 9.14. The Morgan fingerprint density at radius 1 is 1.16 bits per heavy atom. The Morgan fingerprint density at radius 2 is 1.80 bits per heavy atom. The Labute approximate surface area is 149 Å². The number of esters is 1. The van der Waals surface area contributed by atoms with Crippen LogP contribution < -0.4 is 0 Å². The van der Waals surface area contributed by atoms with Crippen LogP contribution in [0.15, 0.2) is 11.5 Å². The lowest BCUT2D eigenvalue weighted by Gasteiger charge is -2.33. The highest BCUT2D eigenvalue weighted by Gasteiger charge is 2.56. The topological polar surface area (TPSA) is 105 Å². The highest BCUT2D eigenvalue weighted by Crippen LogP contribution is 2.41. The Hall–Kier alpha value is -1.31. The highest BCUT2D eigenvalue weighted by molar-refractivity contribution is 5.90. The van der Waals surface area contributed by atoms with Crippen LogP contribution in [-0.4, -0.2) is 46.4 Å². The van der Waals surface area contributed by atoms with Gasteiger partial charge in [-0.25, -0.2) is 10.1 Å². The van der Waals surface area contributed by atoms with Crippen LogP contribution in [0.3, 0.4) is 0 Å². The number of aliphatic hydroxyl groups is 2. The molecule has 146 valence electrons. The molecule has 0 aromatic rings. The average Bonchev–Trinajstić information content (AvgIpc) is 2.84. The average molecular weight is 360 g/mol. The molecule has 0 aliphatic carbocycles. The Kier molecular flexibility index (Phi) is 9.24. The van der Waals surface area contributed by atoms with Gasteiger partial charge in [0.05, 0.1) is 13.2 Å².